The maximum Gasteiger partial charge on any atom is -0.00368 e. The molecule has 0 aromatic rings. The van der Waals surface area contributed by atoms with Gasteiger partial charge in [0.15, 0.2) is 0 Å². The van der Waals surface area contributed by atoms with Crippen molar-refractivity contribution in [3.63, 3.8) is 0 Å². The molecule has 0 aromatic heterocycles. The van der Waals surface area contributed by atoms with E-state index in [9.17, 15) is 0 Å². The summed E-state index contributed by atoms with van der Waals surface area (Å²) in [6, 6.07) is 0. The van der Waals surface area contributed by atoms with Crippen molar-refractivity contribution in [2.24, 2.45) is 0 Å². The van der Waals surface area contributed by atoms with E-state index in [1.54, 1.807) is 0 Å². The molecule has 0 amide bonds. The third kappa shape index (κ3) is 5.03. The van der Waals surface area contributed by atoms with Crippen LogP contribution in [0.5, 0.6) is 0 Å². The third-order valence-electron chi connectivity index (χ3n) is 1.66. The second-order valence-corrected chi connectivity index (χ2v) is 2.56. The highest BCUT2D eigenvalue weighted by atomic mass is 35.5. The fourth-order valence-electron chi connectivity index (χ4n) is 0.802. The van der Waals surface area contributed by atoms with E-state index in [1.165, 1.54) is 45.4 Å². The van der Waals surface area contributed by atoms with E-state index in [2.05, 4.69) is 10.6 Å². The van der Waals surface area contributed by atoms with Crippen LogP contribution in [0.3, 0.4) is 0 Å². The monoisotopic (exact) mass is 164 g/mol. The van der Waals surface area contributed by atoms with Gasteiger partial charge in [-0.25, -0.2) is 0 Å². The van der Waals surface area contributed by atoms with Crippen LogP contribution in [0.2, 0.25) is 0 Å². The van der Waals surface area contributed by atoms with Gasteiger partial charge in [-0.1, -0.05) is 0 Å². The van der Waals surface area contributed by atoms with Gasteiger partial charge >= 0.3 is 0 Å². The quantitative estimate of drug-likeness (QED) is 0.553. The molecule has 0 aliphatic carbocycles. The summed E-state index contributed by atoms with van der Waals surface area (Å²) in [4.78, 5) is 0. The molecule has 0 saturated carbocycles. The fourth-order valence-corrected chi connectivity index (χ4v) is 0.802. The Bertz CT molecular complexity index is 49.0. The Morgan fingerprint density at radius 1 is 0.600 bits per heavy atom. The zero-order valence-electron chi connectivity index (χ0n) is 6.36. The minimum absolute atomic E-state index is 0. The molecule has 2 nitrogen and oxygen atoms in total. The fraction of sp³-hybridized carbons (Fsp3) is 1.00. The van der Waals surface area contributed by atoms with Crippen LogP contribution in [-0.4, -0.2) is 26.2 Å². The van der Waals surface area contributed by atoms with Crippen molar-refractivity contribution in [3.8, 4) is 0 Å². The maximum absolute atomic E-state index is 3.22. The molecule has 2 fully saturated rings. The molecular formula is C7H17ClN2. The summed E-state index contributed by atoms with van der Waals surface area (Å²) in [7, 11) is 0. The Kier molecular flexibility index (Phi) is 7.47. The molecule has 3 heteroatoms. The molecule has 2 rings (SSSR count). The Hall–Kier alpha value is 0.210. The number of hydrogen-bond donors (Lipinski definition) is 2. The minimum atomic E-state index is 0. The van der Waals surface area contributed by atoms with E-state index in [4.69, 9.17) is 0 Å². The highest BCUT2D eigenvalue weighted by Crippen LogP contribution is 1.90. The van der Waals surface area contributed by atoms with Crippen molar-refractivity contribution >= 4 is 12.4 Å². The lowest BCUT2D eigenvalue weighted by atomic mass is 10.3. The van der Waals surface area contributed by atoms with Gasteiger partial charge in [0.2, 0.25) is 0 Å². The zero-order valence-corrected chi connectivity index (χ0v) is 7.17. The molecule has 0 radical (unpaired) electrons. The van der Waals surface area contributed by atoms with Crippen molar-refractivity contribution in [3.05, 3.63) is 0 Å². The SMILES string of the molecule is C1CCNC1.C1CNC1.Cl. The molecule has 2 heterocycles. The number of rotatable bonds is 0. The van der Waals surface area contributed by atoms with Crippen molar-refractivity contribution in [1.29, 1.82) is 0 Å². The molecule has 0 unspecified atom stereocenters. The standard InChI is InChI=1S/C4H9N.C3H7N.ClH/c1-2-4-5-3-1;1-2-4-3-1;/h5H,1-4H2;4H,1-3H2;1H. The normalized spacial score (nSPS) is 21.6. The highest BCUT2D eigenvalue weighted by Gasteiger charge is 1.93. The second kappa shape index (κ2) is 7.32. The van der Waals surface area contributed by atoms with Gasteiger partial charge in [-0.3, -0.25) is 0 Å². The van der Waals surface area contributed by atoms with Gasteiger partial charge in [0.25, 0.3) is 0 Å². The predicted octanol–water partition coefficient (Wildman–Crippen LogP) is 0.771. The Balaban J connectivity index is 0.000000150. The van der Waals surface area contributed by atoms with E-state index < -0.39 is 0 Å². The highest BCUT2D eigenvalue weighted by molar-refractivity contribution is 5.85. The van der Waals surface area contributed by atoms with Gasteiger partial charge in [-0.15, -0.1) is 12.4 Å². The lowest BCUT2D eigenvalue weighted by Gasteiger charge is -2.09. The van der Waals surface area contributed by atoms with E-state index in [-0.39, 0.29) is 12.4 Å². The summed E-state index contributed by atoms with van der Waals surface area (Å²) < 4.78 is 0. The largest absolute Gasteiger partial charge is 0.317 e. The van der Waals surface area contributed by atoms with Crippen molar-refractivity contribution in [2.45, 2.75) is 19.3 Å². The van der Waals surface area contributed by atoms with Gasteiger partial charge in [-0.05, 0) is 45.4 Å². The first kappa shape index (κ1) is 10.2. The molecule has 0 spiro atoms. The van der Waals surface area contributed by atoms with Gasteiger partial charge in [-0.2, -0.15) is 0 Å². The summed E-state index contributed by atoms with van der Waals surface area (Å²) >= 11 is 0. The Morgan fingerprint density at radius 3 is 1.00 bits per heavy atom. The topological polar surface area (TPSA) is 24.1 Å². The molecule has 0 aromatic carbocycles. The maximum atomic E-state index is 3.22. The van der Waals surface area contributed by atoms with E-state index in [1.807, 2.05) is 0 Å². The van der Waals surface area contributed by atoms with E-state index in [0.717, 1.165) is 0 Å². The molecule has 2 aliphatic rings. The van der Waals surface area contributed by atoms with Crippen molar-refractivity contribution in [2.75, 3.05) is 26.2 Å². The lowest BCUT2D eigenvalue weighted by molar-refractivity contribution is 0.527. The van der Waals surface area contributed by atoms with E-state index in [0.29, 0.717) is 0 Å². The van der Waals surface area contributed by atoms with E-state index >= 15 is 0 Å². The van der Waals surface area contributed by atoms with Gasteiger partial charge in [0.05, 0.1) is 0 Å². The Morgan fingerprint density at radius 2 is 0.900 bits per heavy atom. The Labute approximate surface area is 69.2 Å². The molecular weight excluding hydrogens is 148 g/mol. The third-order valence-corrected chi connectivity index (χ3v) is 1.66. The number of halogens is 1. The first-order valence-electron chi connectivity index (χ1n) is 3.91. The summed E-state index contributed by atoms with van der Waals surface area (Å²) in [5, 5.41) is 6.33. The number of hydrogen-bond acceptors (Lipinski definition) is 2. The van der Waals surface area contributed by atoms with Crippen LogP contribution >= 0.6 is 12.4 Å². The van der Waals surface area contributed by atoms with Crippen LogP contribution in [0.15, 0.2) is 0 Å². The number of nitrogens with one attached hydrogen (secondary N) is 2. The van der Waals surface area contributed by atoms with Gasteiger partial charge in [0, 0.05) is 0 Å². The molecule has 0 bridgehead atoms. The van der Waals surface area contributed by atoms with Crippen LogP contribution < -0.4 is 10.6 Å². The van der Waals surface area contributed by atoms with Crippen LogP contribution in [0.25, 0.3) is 0 Å². The zero-order chi connectivity index (χ0) is 6.36. The summed E-state index contributed by atoms with van der Waals surface area (Å²) in [6.07, 6.45) is 4.17. The minimum Gasteiger partial charge on any atom is -0.317 e. The molecule has 2 saturated heterocycles. The average Bonchev–Trinajstić information content (AvgIpc) is 2.07. The summed E-state index contributed by atoms with van der Waals surface area (Å²) in [5.74, 6) is 0. The lowest BCUT2D eigenvalue weighted by Crippen LogP contribution is -2.29. The average molecular weight is 165 g/mol. The van der Waals surface area contributed by atoms with Crippen LogP contribution in [0, 0.1) is 0 Å². The molecule has 0 atom stereocenters. The molecule has 10 heavy (non-hydrogen) atoms. The van der Waals surface area contributed by atoms with Gasteiger partial charge < -0.3 is 10.6 Å². The second-order valence-electron chi connectivity index (χ2n) is 2.56. The van der Waals surface area contributed by atoms with Crippen molar-refractivity contribution in [1.82, 2.24) is 10.6 Å². The predicted molar refractivity (Wildman–Crippen MR) is 46.8 cm³/mol. The molecule has 62 valence electrons. The molecule has 2 N–H and O–H groups in total. The summed E-state index contributed by atoms with van der Waals surface area (Å²) in [6.45, 7) is 5.00. The first-order valence-corrected chi connectivity index (χ1v) is 3.91. The van der Waals surface area contributed by atoms with Crippen LogP contribution in [0.4, 0.5) is 0 Å². The van der Waals surface area contributed by atoms with Crippen molar-refractivity contribution < 1.29 is 0 Å². The van der Waals surface area contributed by atoms with Gasteiger partial charge in [0.1, 0.15) is 0 Å². The van der Waals surface area contributed by atoms with Crippen LogP contribution in [0.1, 0.15) is 19.3 Å². The summed E-state index contributed by atoms with van der Waals surface area (Å²) in [5.41, 5.74) is 0. The smallest absolute Gasteiger partial charge is 0.00368 e. The molecule has 2 aliphatic heterocycles. The first-order chi connectivity index (χ1) is 4.50. The van der Waals surface area contributed by atoms with Crippen LogP contribution in [-0.2, 0) is 0 Å².